The van der Waals surface area contributed by atoms with Gasteiger partial charge in [-0.2, -0.15) is 18.2 Å². The molecular weight excluding hydrogens is 220 g/mol. The molecule has 2 nitrogen and oxygen atoms in total. The molecule has 0 fully saturated rings. The van der Waals surface area contributed by atoms with Crippen molar-refractivity contribution in [1.82, 2.24) is 0 Å². The minimum Gasteiger partial charge on any atom is -0.629 e. The van der Waals surface area contributed by atoms with Crippen LogP contribution < -0.4 is 5.11 Å². The molecule has 1 N–H and O–H groups in total. The van der Waals surface area contributed by atoms with Gasteiger partial charge in [-0.15, -0.1) is 0 Å². The minimum atomic E-state index is -0.866. The average molecular weight is 230 g/mol. The van der Waals surface area contributed by atoms with E-state index in [0.29, 0.717) is 5.57 Å². The largest absolute Gasteiger partial charge is 2.00 e. The van der Waals surface area contributed by atoms with E-state index >= 15 is 0 Å². The number of rotatable bonds is 0. The molecule has 3 heteroatoms. The van der Waals surface area contributed by atoms with Crippen LogP contribution in [0.25, 0.3) is 0 Å². The first kappa shape index (κ1) is 12.7. The van der Waals surface area contributed by atoms with E-state index in [0.717, 1.165) is 0 Å². The zero-order chi connectivity index (χ0) is 9.52. The average Bonchev–Trinajstić information content (AvgIpc) is 2.82. The summed E-state index contributed by atoms with van der Waals surface area (Å²) in [6.45, 7) is 0. The molecule has 0 atom stereocenters. The van der Waals surface area contributed by atoms with Crippen molar-refractivity contribution in [2.75, 3.05) is 0 Å². The molecule has 0 bridgehead atoms. The van der Waals surface area contributed by atoms with Crippen molar-refractivity contribution in [3.05, 3.63) is 66.2 Å². The smallest absolute Gasteiger partial charge is 0.629 e. The second-order valence-corrected chi connectivity index (χ2v) is 2.44. The molecule has 1 aromatic carbocycles. The fourth-order valence-corrected chi connectivity index (χ4v) is 0.837. The van der Waals surface area contributed by atoms with E-state index in [1.54, 1.807) is 24.3 Å². The molecule has 74 valence electrons. The molecule has 0 radical (unpaired) electrons. The summed E-state index contributed by atoms with van der Waals surface area (Å²) in [6, 6.07) is 10.0. The van der Waals surface area contributed by atoms with Crippen LogP contribution in [0, 0.1) is 0 Å². The molecule has 0 amide bonds. The quantitative estimate of drug-likeness (QED) is 0.418. The number of aliphatic hydroxyl groups is 1. The van der Waals surface area contributed by atoms with Gasteiger partial charge in [-0.1, -0.05) is 24.3 Å². The van der Waals surface area contributed by atoms with Gasteiger partial charge in [0.15, 0.2) is 0 Å². The Labute approximate surface area is 93.7 Å². The van der Waals surface area contributed by atoms with Gasteiger partial charge in [0.1, 0.15) is 0 Å². The molecule has 0 aliphatic heterocycles. The van der Waals surface area contributed by atoms with Crippen molar-refractivity contribution in [2.24, 2.45) is 0 Å². The molecule has 0 heterocycles. The summed E-state index contributed by atoms with van der Waals surface area (Å²) >= 11 is 0. The van der Waals surface area contributed by atoms with E-state index in [1.807, 2.05) is 30.3 Å². The van der Waals surface area contributed by atoms with Gasteiger partial charge in [0.05, 0.1) is 5.95 Å². The molecule has 0 unspecified atom stereocenters. The third-order valence-corrected chi connectivity index (χ3v) is 1.47. The molecular formula is C11H10FeO2. The van der Waals surface area contributed by atoms with Crippen molar-refractivity contribution in [3.63, 3.8) is 0 Å². The Morgan fingerprint density at radius 2 is 1.64 bits per heavy atom. The first-order chi connectivity index (χ1) is 6.30. The number of hydrogen-bond acceptors (Lipinski definition) is 2. The first-order valence-corrected chi connectivity index (χ1v) is 3.92. The molecule has 2 rings (SSSR count). The summed E-state index contributed by atoms with van der Waals surface area (Å²) in [5.41, 5.74) is 0.352. The third kappa shape index (κ3) is 4.65. The van der Waals surface area contributed by atoms with Crippen LogP contribution in [0.1, 0.15) is 0 Å². The van der Waals surface area contributed by atoms with Crippen LogP contribution in [-0.4, -0.2) is 5.11 Å². The Balaban J connectivity index is 0.000000246. The van der Waals surface area contributed by atoms with Gasteiger partial charge in [-0.25, -0.2) is 12.1 Å². The molecule has 0 saturated heterocycles. The standard InChI is InChI=1S/C6H6O2.C5H5.Fe/c7-6(8)5-3-1-2-4-5;1-2-4-5-3-1;/h1-4,7-8H;1-5H;/q;-1;+2/p-1. The Hall–Kier alpha value is -1.31. The molecule has 0 spiro atoms. The van der Waals surface area contributed by atoms with E-state index in [-0.39, 0.29) is 17.1 Å². The summed E-state index contributed by atoms with van der Waals surface area (Å²) in [4.78, 5) is 0. The summed E-state index contributed by atoms with van der Waals surface area (Å²) in [6.07, 6.45) is 6.51. The molecule has 1 aliphatic rings. The van der Waals surface area contributed by atoms with Gasteiger partial charge in [0.25, 0.3) is 0 Å². The maximum absolute atomic E-state index is 10.1. The Morgan fingerprint density at radius 3 is 1.86 bits per heavy atom. The maximum Gasteiger partial charge on any atom is 2.00 e. The van der Waals surface area contributed by atoms with E-state index < -0.39 is 5.95 Å². The van der Waals surface area contributed by atoms with E-state index in [1.165, 1.54) is 0 Å². The van der Waals surface area contributed by atoms with Gasteiger partial charge >= 0.3 is 17.1 Å². The number of aliphatic hydroxyl groups excluding tert-OH is 1. The Kier molecular flexibility index (Phi) is 6.46. The van der Waals surface area contributed by atoms with E-state index in [9.17, 15) is 5.11 Å². The van der Waals surface area contributed by atoms with Crippen molar-refractivity contribution in [3.8, 4) is 0 Å². The van der Waals surface area contributed by atoms with Crippen LogP contribution >= 0.6 is 0 Å². The monoisotopic (exact) mass is 230 g/mol. The summed E-state index contributed by atoms with van der Waals surface area (Å²) < 4.78 is 0. The van der Waals surface area contributed by atoms with Crippen LogP contribution in [0.15, 0.2) is 66.2 Å². The van der Waals surface area contributed by atoms with Gasteiger partial charge in [-0.05, 0) is 5.57 Å². The predicted octanol–water partition coefficient (Wildman–Crippen LogP) is 1.65. The van der Waals surface area contributed by atoms with Crippen LogP contribution in [0.3, 0.4) is 0 Å². The second kappa shape index (κ2) is 7.13. The minimum absolute atomic E-state index is 0. The van der Waals surface area contributed by atoms with Crippen molar-refractivity contribution < 1.29 is 27.3 Å². The molecule has 14 heavy (non-hydrogen) atoms. The van der Waals surface area contributed by atoms with Crippen LogP contribution in [0.2, 0.25) is 0 Å². The van der Waals surface area contributed by atoms with Gasteiger partial charge in [0, 0.05) is 0 Å². The van der Waals surface area contributed by atoms with E-state index in [2.05, 4.69) is 0 Å². The van der Waals surface area contributed by atoms with E-state index in [4.69, 9.17) is 5.11 Å². The SMILES string of the molecule is [Fe+2].[O-]C(O)=C1C=CC=C1.c1cc[cH-]c1. The Bertz CT molecular complexity index is 286. The van der Waals surface area contributed by atoms with Crippen molar-refractivity contribution >= 4 is 0 Å². The number of hydrogen-bond donors (Lipinski definition) is 1. The third-order valence-electron chi connectivity index (χ3n) is 1.47. The molecule has 0 aromatic heterocycles. The predicted molar refractivity (Wildman–Crippen MR) is 50.0 cm³/mol. The summed E-state index contributed by atoms with van der Waals surface area (Å²) in [5.74, 6) is -0.866. The molecule has 0 saturated carbocycles. The van der Waals surface area contributed by atoms with Crippen LogP contribution in [0.4, 0.5) is 0 Å². The van der Waals surface area contributed by atoms with Gasteiger partial charge in [0.2, 0.25) is 0 Å². The van der Waals surface area contributed by atoms with Crippen LogP contribution in [0.5, 0.6) is 0 Å². The molecule has 1 aliphatic carbocycles. The maximum atomic E-state index is 10.1. The topological polar surface area (TPSA) is 43.3 Å². The summed E-state index contributed by atoms with van der Waals surface area (Å²) in [5, 5.41) is 18.3. The van der Waals surface area contributed by atoms with Crippen molar-refractivity contribution in [2.45, 2.75) is 0 Å². The number of allylic oxidation sites excluding steroid dienone is 5. The molecule has 1 aromatic rings. The zero-order valence-electron chi connectivity index (χ0n) is 7.41. The Morgan fingerprint density at radius 1 is 1.14 bits per heavy atom. The fraction of sp³-hybridized carbons (Fsp3) is 0. The van der Waals surface area contributed by atoms with Gasteiger partial charge in [-0.3, -0.25) is 0 Å². The zero-order valence-corrected chi connectivity index (χ0v) is 8.51. The second-order valence-electron chi connectivity index (χ2n) is 2.44. The fourth-order valence-electron chi connectivity index (χ4n) is 0.837. The normalized spacial score (nSPS) is 11.6. The van der Waals surface area contributed by atoms with Crippen molar-refractivity contribution in [1.29, 1.82) is 0 Å². The summed E-state index contributed by atoms with van der Waals surface area (Å²) in [7, 11) is 0. The first-order valence-electron chi connectivity index (χ1n) is 3.92. The van der Waals surface area contributed by atoms with Gasteiger partial charge < -0.3 is 10.2 Å². The van der Waals surface area contributed by atoms with Crippen LogP contribution in [-0.2, 0) is 17.1 Å².